The van der Waals surface area contributed by atoms with Crippen molar-refractivity contribution in [3.63, 3.8) is 0 Å². The number of hydrogen-bond acceptors (Lipinski definition) is 3. The highest BCUT2D eigenvalue weighted by Gasteiger charge is 2.41. The number of fused-ring (bicyclic) bond motifs is 2. The lowest BCUT2D eigenvalue weighted by Crippen LogP contribution is -2.35. The maximum Gasteiger partial charge on any atom is 0.131 e. The molecule has 4 aromatic rings. The molecule has 2 aliphatic carbocycles. The topological polar surface area (TPSA) is 56.8 Å². The Labute approximate surface area is 282 Å². The standard InChI is InChI=1S/C44H48N2O/c1-41(2)21-23-43(5,6)39-33(25-29-9-13-31(27-45)14-10-29)37(19-17-35(39)41)47-38-20-18-36-40(44(7,8)24-22-42(36,3)4)34(38)26-30-11-15-32(28-46)16-12-30/h9-20H,21-26H2,1-8H3. The minimum absolute atomic E-state index is 0.000658. The van der Waals surface area contributed by atoms with Gasteiger partial charge in [0.25, 0.3) is 0 Å². The molecule has 6 rings (SSSR count). The number of nitriles is 2. The summed E-state index contributed by atoms with van der Waals surface area (Å²) < 4.78 is 7.23. The zero-order valence-electron chi connectivity index (χ0n) is 29.5. The third kappa shape index (κ3) is 6.10. The first kappa shape index (κ1) is 32.6. The average Bonchev–Trinajstić information content (AvgIpc) is 3.03. The maximum atomic E-state index is 9.44. The molecule has 0 aliphatic heterocycles. The minimum atomic E-state index is -0.000658. The van der Waals surface area contributed by atoms with E-state index in [4.69, 9.17) is 4.74 Å². The monoisotopic (exact) mass is 620 g/mol. The van der Waals surface area contributed by atoms with E-state index in [2.05, 4.69) is 116 Å². The Morgan fingerprint density at radius 2 is 0.830 bits per heavy atom. The van der Waals surface area contributed by atoms with Gasteiger partial charge in [-0.3, -0.25) is 0 Å². The van der Waals surface area contributed by atoms with E-state index in [1.54, 1.807) is 0 Å². The van der Waals surface area contributed by atoms with Crippen LogP contribution in [0.1, 0.15) is 137 Å². The summed E-state index contributed by atoms with van der Waals surface area (Å²) in [5.41, 5.74) is 12.0. The molecule has 0 heterocycles. The molecule has 0 amide bonds. The average molecular weight is 621 g/mol. The van der Waals surface area contributed by atoms with Gasteiger partial charge >= 0.3 is 0 Å². The van der Waals surface area contributed by atoms with Gasteiger partial charge in [-0.1, -0.05) is 91.8 Å². The van der Waals surface area contributed by atoms with Crippen LogP contribution in [0.4, 0.5) is 0 Å². The molecule has 3 heteroatoms. The summed E-state index contributed by atoms with van der Waals surface area (Å²) in [6, 6.07) is 29.6. The van der Waals surface area contributed by atoms with E-state index in [1.165, 1.54) is 44.5 Å². The molecule has 0 N–H and O–H groups in total. The zero-order valence-corrected chi connectivity index (χ0v) is 29.5. The largest absolute Gasteiger partial charge is 0.457 e. The quantitative estimate of drug-likeness (QED) is 0.215. The Morgan fingerprint density at radius 1 is 0.489 bits per heavy atom. The van der Waals surface area contributed by atoms with Crippen molar-refractivity contribution in [3.05, 3.63) is 128 Å². The van der Waals surface area contributed by atoms with Crippen LogP contribution in [-0.4, -0.2) is 0 Å². The number of ether oxygens (including phenoxy) is 1. The molecule has 2 aliphatic rings. The van der Waals surface area contributed by atoms with Crippen molar-refractivity contribution in [2.24, 2.45) is 0 Å². The van der Waals surface area contributed by atoms with E-state index >= 15 is 0 Å². The van der Waals surface area contributed by atoms with Gasteiger partial charge in [-0.05, 0) is 117 Å². The van der Waals surface area contributed by atoms with Crippen molar-refractivity contribution in [2.75, 3.05) is 0 Å². The Hall–Kier alpha value is -4.34. The summed E-state index contributed by atoms with van der Waals surface area (Å²) in [4.78, 5) is 0. The van der Waals surface area contributed by atoms with Crippen LogP contribution in [0.3, 0.4) is 0 Å². The fourth-order valence-corrected chi connectivity index (χ4v) is 8.16. The molecule has 0 fully saturated rings. The molecule has 0 unspecified atom stereocenters. The van der Waals surface area contributed by atoms with E-state index in [0.29, 0.717) is 11.1 Å². The highest BCUT2D eigenvalue weighted by Crippen LogP contribution is 2.52. The van der Waals surface area contributed by atoms with E-state index in [9.17, 15) is 10.5 Å². The first-order valence-corrected chi connectivity index (χ1v) is 17.1. The summed E-state index contributed by atoms with van der Waals surface area (Å²) in [7, 11) is 0. The van der Waals surface area contributed by atoms with Gasteiger partial charge in [-0.25, -0.2) is 0 Å². The second kappa shape index (κ2) is 11.7. The first-order valence-electron chi connectivity index (χ1n) is 17.1. The predicted octanol–water partition coefficient (Wildman–Crippen LogP) is 11.1. The minimum Gasteiger partial charge on any atom is -0.457 e. The first-order chi connectivity index (χ1) is 22.1. The SMILES string of the molecule is CC1(C)CCC(C)(C)c2c1ccc(Oc1ccc3c(c1Cc1ccc(C#N)cc1)C(C)(C)CCC3(C)C)c2Cc1ccc(C#N)cc1. The molecule has 0 radical (unpaired) electrons. The summed E-state index contributed by atoms with van der Waals surface area (Å²) in [5, 5.41) is 18.9. The van der Waals surface area contributed by atoms with Crippen LogP contribution in [0.25, 0.3) is 0 Å². The highest BCUT2D eigenvalue weighted by molar-refractivity contribution is 5.59. The zero-order chi connectivity index (χ0) is 33.8. The van der Waals surface area contributed by atoms with Crippen molar-refractivity contribution in [1.82, 2.24) is 0 Å². The van der Waals surface area contributed by atoms with Crippen LogP contribution in [0.2, 0.25) is 0 Å². The van der Waals surface area contributed by atoms with Crippen molar-refractivity contribution in [3.8, 4) is 23.6 Å². The molecule has 0 saturated heterocycles. The van der Waals surface area contributed by atoms with Crippen LogP contribution >= 0.6 is 0 Å². The lowest BCUT2D eigenvalue weighted by atomic mass is 9.61. The van der Waals surface area contributed by atoms with Crippen LogP contribution in [-0.2, 0) is 34.5 Å². The molecule has 0 atom stereocenters. The third-order valence-electron chi connectivity index (χ3n) is 11.2. The molecule has 0 bridgehead atoms. The second-order valence-corrected chi connectivity index (χ2v) is 16.5. The van der Waals surface area contributed by atoms with E-state index < -0.39 is 0 Å². The lowest BCUT2D eigenvalue weighted by Gasteiger charge is -2.44. The summed E-state index contributed by atoms with van der Waals surface area (Å²) in [6.07, 6.45) is 5.99. The lowest BCUT2D eigenvalue weighted by molar-refractivity contribution is 0.325. The summed E-state index contributed by atoms with van der Waals surface area (Å²) >= 11 is 0. The van der Waals surface area contributed by atoms with Crippen LogP contribution in [0, 0.1) is 22.7 Å². The fourth-order valence-electron chi connectivity index (χ4n) is 8.16. The smallest absolute Gasteiger partial charge is 0.131 e. The van der Waals surface area contributed by atoms with Gasteiger partial charge in [0.05, 0.1) is 23.3 Å². The maximum absolute atomic E-state index is 9.44. The molecule has 3 nitrogen and oxygen atoms in total. The second-order valence-electron chi connectivity index (χ2n) is 16.5. The van der Waals surface area contributed by atoms with Crippen molar-refractivity contribution in [2.45, 2.75) is 116 Å². The molecule has 0 saturated carbocycles. The Bertz CT molecular complexity index is 1770. The van der Waals surface area contributed by atoms with Crippen LogP contribution < -0.4 is 4.74 Å². The Balaban J connectivity index is 1.55. The predicted molar refractivity (Wildman–Crippen MR) is 191 cm³/mol. The Kier molecular flexibility index (Phi) is 8.13. The van der Waals surface area contributed by atoms with Gasteiger partial charge in [0.1, 0.15) is 11.5 Å². The molecule has 0 aromatic heterocycles. The molecule has 240 valence electrons. The van der Waals surface area contributed by atoms with Crippen molar-refractivity contribution < 1.29 is 4.74 Å². The summed E-state index contributed by atoms with van der Waals surface area (Å²) in [5.74, 6) is 1.82. The molecular weight excluding hydrogens is 572 g/mol. The van der Waals surface area contributed by atoms with Crippen LogP contribution in [0.15, 0.2) is 72.8 Å². The number of rotatable bonds is 6. The van der Waals surface area contributed by atoms with Gasteiger partial charge in [-0.2, -0.15) is 10.5 Å². The van der Waals surface area contributed by atoms with E-state index in [0.717, 1.165) is 50.0 Å². The molecule has 0 spiro atoms. The normalized spacial score (nSPS) is 18.3. The summed E-state index contributed by atoms with van der Waals surface area (Å²) in [6.45, 7) is 19.0. The number of hydrogen-bond donors (Lipinski definition) is 0. The van der Waals surface area contributed by atoms with Gasteiger partial charge in [0, 0.05) is 24.0 Å². The third-order valence-corrected chi connectivity index (χ3v) is 11.2. The van der Waals surface area contributed by atoms with Gasteiger partial charge < -0.3 is 4.74 Å². The van der Waals surface area contributed by atoms with E-state index in [1.807, 2.05) is 24.3 Å². The van der Waals surface area contributed by atoms with Gasteiger partial charge in [0.2, 0.25) is 0 Å². The molecule has 4 aromatic carbocycles. The van der Waals surface area contributed by atoms with Crippen molar-refractivity contribution >= 4 is 0 Å². The molecular formula is C44H48N2O. The number of benzene rings is 4. The van der Waals surface area contributed by atoms with E-state index in [-0.39, 0.29) is 21.7 Å². The number of nitrogens with zero attached hydrogens (tertiary/aromatic N) is 2. The van der Waals surface area contributed by atoms with Gasteiger partial charge in [-0.15, -0.1) is 0 Å². The molecule has 47 heavy (non-hydrogen) atoms. The van der Waals surface area contributed by atoms with Crippen LogP contribution in [0.5, 0.6) is 11.5 Å². The Morgan fingerprint density at radius 3 is 1.17 bits per heavy atom. The fraction of sp³-hybridized carbons (Fsp3) is 0.409. The van der Waals surface area contributed by atoms with Crippen molar-refractivity contribution in [1.29, 1.82) is 10.5 Å². The van der Waals surface area contributed by atoms with Gasteiger partial charge in [0.15, 0.2) is 0 Å². The highest BCUT2D eigenvalue weighted by atomic mass is 16.5.